The number of methoxy groups -OCH3 is 1. The number of pyridine rings is 1. The summed E-state index contributed by atoms with van der Waals surface area (Å²) in [5.41, 5.74) is 5.43. The molecule has 5 heterocycles. The number of ether oxygens (including phenoxy) is 1. The Morgan fingerprint density at radius 2 is 1.69 bits per heavy atom. The van der Waals surface area contributed by atoms with E-state index in [4.69, 9.17) is 32.9 Å². The normalized spacial score (nSPS) is 16.5. The number of fused-ring (bicyclic) bond motifs is 1. The van der Waals surface area contributed by atoms with Crippen molar-refractivity contribution in [3.8, 4) is 39.4 Å². The Morgan fingerprint density at radius 3 is 2.39 bits per heavy atom. The third-order valence-electron chi connectivity index (χ3n) is 9.52. The Bertz CT molecular complexity index is 2080. The number of amides is 2. The van der Waals surface area contributed by atoms with E-state index in [1.165, 1.54) is 0 Å². The minimum atomic E-state index is 0.0984. The van der Waals surface area contributed by atoms with Crippen molar-refractivity contribution < 1.29 is 14.3 Å². The average Bonchev–Trinajstić information content (AvgIpc) is 3.76. The van der Waals surface area contributed by atoms with Crippen molar-refractivity contribution in [3.63, 3.8) is 0 Å². The smallest absolute Gasteiger partial charge is 0.252 e. The molecule has 2 aliphatic rings. The number of hydrogen-bond donors (Lipinski definition) is 3. The molecule has 264 valence electrons. The predicted molar refractivity (Wildman–Crippen MR) is 196 cm³/mol. The van der Waals surface area contributed by atoms with Gasteiger partial charge in [-0.05, 0) is 25.3 Å². The SMILES string of the molecule is COc1nc(-c2cccc(-c3cccc(-c4cnc5nc(CNC6CCN(C(C)=O)CC6)nn5c4)c3Cl)c2Cl)ccc1CNC[C@H]1CCC(=O)N1. The summed E-state index contributed by atoms with van der Waals surface area (Å²) in [7, 11) is 1.60. The van der Waals surface area contributed by atoms with Crippen LogP contribution in [0.5, 0.6) is 5.88 Å². The van der Waals surface area contributed by atoms with Crippen LogP contribution in [0, 0.1) is 0 Å². The Morgan fingerprint density at radius 1 is 0.961 bits per heavy atom. The van der Waals surface area contributed by atoms with Gasteiger partial charge in [0.2, 0.25) is 17.7 Å². The van der Waals surface area contributed by atoms with Crippen molar-refractivity contribution in [2.45, 2.75) is 57.8 Å². The third-order valence-corrected chi connectivity index (χ3v) is 10.3. The highest BCUT2D eigenvalue weighted by Crippen LogP contribution is 2.42. The first-order valence-corrected chi connectivity index (χ1v) is 17.8. The van der Waals surface area contributed by atoms with Crippen LogP contribution in [0.2, 0.25) is 10.0 Å². The Kier molecular flexibility index (Phi) is 10.5. The van der Waals surface area contributed by atoms with Gasteiger partial charge in [-0.1, -0.05) is 65.7 Å². The minimum absolute atomic E-state index is 0.0984. The third kappa shape index (κ3) is 7.69. The molecule has 3 N–H and O–H groups in total. The lowest BCUT2D eigenvalue weighted by molar-refractivity contribution is -0.130. The topological polar surface area (TPSA) is 139 Å². The number of nitrogens with one attached hydrogen (secondary N) is 3. The van der Waals surface area contributed by atoms with Gasteiger partial charge >= 0.3 is 0 Å². The lowest BCUT2D eigenvalue weighted by Crippen LogP contribution is -2.44. The van der Waals surface area contributed by atoms with Crippen molar-refractivity contribution in [1.29, 1.82) is 0 Å². The van der Waals surface area contributed by atoms with Crippen LogP contribution in [-0.4, -0.2) is 80.1 Å². The summed E-state index contributed by atoms with van der Waals surface area (Å²) in [5.74, 6) is 1.86. The Hall–Kier alpha value is -4.62. The molecule has 12 nitrogen and oxygen atoms in total. The molecule has 0 aliphatic carbocycles. The van der Waals surface area contributed by atoms with E-state index in [9.17, 15) is 9.59 Å². The molecule has 5 aromatic rings. The molecule has 1 atom stereocenters. The number of rotatable bonds is 11. The largest absolute Gasteiger partial charge is 0.481 e. The Balaban J connectivity index is 1.08. The first-order valence-electron chi connectivity index (χ1n) is 17.1. The summed E-state index contributed by atoms with van der Waals surface area (Å²) < 4.78 is 7.32. The standard InChI is InChI=1S/C37H39Cl2N9O3/c1-22(49)47-15-13-25(14-16-47)41-20-32-45-37-42-18-24(21-48(37)46-32)27-5-3-6-28(34(27)38)29-7-4-8-30(35(29)39)31-11-9-23(36(44-31)51-2)17-40-19-26-10-12-33(50)43-26/h3-9,11,18,21,25-26,40-41H,10,12-17,19-20H2,1-2H3,(H,43,50)/t26-/m1/s1. The maximum atomic E-state index is 11.6. The van der Waals surface area contributed by atoms with Crippen LogP contribution in [0.3, 0.4) is 0 Å². The average molecular weight is 729 g/mol. The molecule has 14 heteroatoms. The van der Waals surface area contributed by atoms with Gasteiger partial charge in [0, 0.05) is 97.4 Å². The van der Waals surface area contributed by atoms with E-state index in [0.717, 1.165) is 65.7 Å². The molecule has 0 spiro atoms. The van der Waals surface area contributed by atoms with Crippen LogP contribution < -0.4 is 20.7 Å². The zero-order valence-corrected chi connectivity index (χ0v) is 30.0. The fourth-order valence-corrected chi connectivity index (χ4v) is 7.38. The van der Waals surface area contributed by atoms with E-state index >= 15 is 0 Å². The second-order valence-corrected chi connectivity index (χ2v) is 13.7. The van der Waals surface area contributed by atoms with E-state index in [2.05, 4.69) is 31.0 Å². The maximum Gasteiger partial charge on any atom is 0.252 e. The van der Waals surface area contributed by atoms with Gasteiger partial charge < -0.3 is 25.6 Å². The second-order valence-electron chi connectivity index (χ2n) is 12.9. The number of hydrogen-bond acceptors (Lipinski definition) is 9. The summed E-state index contributed by atoms with van der Waals surface area (Å²) in [6, 6.07) is 16.0. The lowest BCUT2D eigenvalue weighted by atomic mass is 9.97. The van der Waals surface area contributed by atoms with E-state index in [0.29, 0.717) is 65.3 Å². The van der Waals surface area contributed by atoms with Gasteiger partial charge in [-0.3, -0.25) is 9.59 Å². The molecule has 2 amide bonds. The molecule has 0 saturated carbocycles. The highest BCUT2D eigenvalue weighted by Gasteiger charge is 2.22. The van der Waals surface area contributed by atoms with E-state index in [1.54, 1.807) is 24.7 Å². The van der Waals surface area contributed by atoms with Crippen molar-refractivity contribution in [3.05, 3.63) is 82.4 Å². The number of halogens is 2. The molecule has 51 heavy (non-hydrogen) atoms. The Labute approximate surface area is 305 Å². The maximum absolute atomic E-state index is 11.6. The number of carbonyl (C=O) groups is 2. The van der Waals surface area contributed by atoms with Gasteiger partial charge in [-0.15, -0.1) is 5.10 Å². The van der Waals surface area contributed by atoms with Crippen molar-refractivity contribution in [1.82, 2.24) is 45.4 Å². The number of likely N-dealkylation sites (tertiary alicyclic amines) is 1. The van der Waals surface area contributed by atoms with Gasteiger partial charge in [-0.2, -0.15) is 4.98 Å². The monoisotopic (exact) mass is 727 g/mol. The van der Waals surface area contributed by atoms with Gasteiger partial charge in [0.1, 0.15) is 0 Å². The number of nitrogens with zero attached hydrogens (tertiary/aromatic N) is 6. The van der Waals surface area contributed by atoms with Crippen LogP contribution in [-0.2, 0) is 22.7 Å². The van der Waals surface area contributed by atoms with Gasteiger partial charge in [0.15, 0.2) is 5.82 Å². The summed E-state index contributed by atoms with van der Waals surface area (Å²) in [6.07, 6.45) is 6.83. The van der Waals surface area contributed by atoms with E-state index in [1.807, 2.05) is 59.6 Å². The van der Waals surface area contributed by atoms with Crippen LogP contribution >= 0.6 is 23.2 Å². The fraction of sp³-hybridized carbons (Fsp3) is 0.351. The molecule has 3 aromatic heterocycles. The van der Waals surface area contributed by atoms with E-state index in [-0.39, 0.29) is 17.9 Å². The first-order chi connectivity index (χ1) is 24.8. The van der Waals surface area contributed by atoms with Crippen LogP contribution in [0.4, 0.5) is 0 Å². The molecule has 2 aromatic carbocycles. The molecule has 0 unspecified atom stereocenters. The summed E-state index contributed by atoms with van der Waals surface area (Å²) in [5, 5.41) is 15.6. The summed E-state index contributed by atoms with van der Waals surface area (Å²) in [4.78, 5) is 39.0. The van der Waals surface area contributed by atoms with Crippen LogP contribution in [0.15, 0.2) is 60.9 Å². The molecule has 0 radical (unpaired) electrons. The minimum Gasteiger partial charge on any atom is -0.481 e. The summed E-state index contributed by atoms with van der Waals surface area (Å²) >= 11 is 14.2. The highest BCUT2D eigenvalue weighted by atomic mass is 35.5. The van der Waals surface area contributed by atoms with Crippen LogP contribution in [0.25, 0.3) is 39.3 Å². The quantitative estimate of drug-likeness (QED) is 0.165. The first kappa shape index (κ1) is 34.8. The zero-order chi connectivity index (χ0) is 35.5. The fourth-order valence-electron chi connectivity index (χ4n) is 6.72. The van der Waals surface area contributed by atoms with Gasteiger partial charge in [0.25, 0.3) is 5.78 Å². The number of benzene rings is 2. The number of aromatic nitrogens is 5. The van der Waals surface area contributed by atoms with E-state index < -0.39 is 0 Å². The highest BCUT2D eigenvalue weighted by molar-refractivity contribution is 6.39. The summed E-state index contributed by atoms with van der Waals surface area (Å²) in [6.45, 7) is 4.87. The van der Waals surface area contributed by atoms with Crippen molar-refractivity contribution in [2.24, 2.45) is 0 Å². The second kappa shape index (κ2) is 15.3. The molecule has 2 saturated heterocycles. The van der Waals surface area contributed by atoms with Gasteiger partial charge in [0.05, 0.1) is 29.4 Å². The predicted octanol–water partition coefficient (Wildman–Crippen LogP) is 5.30. The van der Waals surface area contributed by atoms with Crippen molar-refractivity contribution in [2.75, 3.05) is 26.7 Å². The lowest BCUT2D eigenvalue weighted by Gasteiger charge is -2.31. The number of carbonyl (C=O) groups excluding carboxylic acids is 2. The van der Waals surface area contributed by atoms with Crippen LogP contribution in [0.1, 0.15) is 44.0 Å². The van der Waals surface area contributed by atoms with Gasteiger partial charge in [-0.25, -0.2) is 14.5 Å². The molecule has 2 fully saturated rings. The van der Waals surface area contributed by atoms with Crippen molar-refractivity contribution >= 4 is 40.8 Å². The zero-order valence-electron chi connectivity index (χ0n) is 28.5. The molecule has 0 bridgehead atoms. The molecular weight excluding hydrogens is 689 g/mol. The molecule has 2 aliphatic heterocycles. The number of piperidine rings is 1. The molecule has 7 rings (SSSR count). The molecular formula is C37H39Cl2N9O3.